The highest BCUT2D eigenvalue weighted by molar-refractivity contribution is 6.06. The van der Waals surface area contributed by atoms with E-state index in [4.69, 9.17) is 4.42 Å². The molecule has 1 nitrogen and oxygen atoms in total. The molecule has 1 heterocycles. The molecule has 0 radical (unpaired) electrons. The highest BCUT2D eigenvalue weighted by atomic mass is 16.3. The second-order valence-electron chi connectivity index (χ2n) is 10.6. The summed E-state index contributed by atoms with van der Waals surface area (Å²) in [5.74, 6) is 1.81. The fourth-order valence-electron chi connectivity index (χ4n) is 6.01. The maximum Gasteiger partial charge on any atom is 0.143 e. The third-order valence-electron chi connectivity index (χ3n) is 8.04. The molecule has 8 aromatic rings. The van der Waals surface area contributed by atoms with E-state index in [2.05, 4.69) is 158 Å². The van der Waals surface area contributed by atoms with Crippen LogP contribution >= 0.6 is 0 Å². The van der Waals surface area contributed by atoms with E-state index >= 15 is 0 Å². The molecule has 0 spiro atoms. The lowest BCUT2D eigenvalue weighted by Gasteiger charge is -2.09. The van der Waals surface area contributed by atoms with Crippen molar-refractivity contribution >= 4 is 32.3 Å². The van der Waals surface area contributed by atoms with E-state index in [1.807, 2.05) is 0 Å². The van der Waals surface area contributed by atoms with Crippen LogP contribution in [0.2, 0.25) is 0 Å². The average Bonchev–Trinajstić information content (AvgIpc) is 3.44. The van der Waals surface area contributed by atoms with Crippen LogP contribution in [0.3, 0.4) is 0 Å². The highest BCUT2D eigenvalue weighted by Crippen LogP contribution is 2.43. The molecular weight excluding hydrogens is 496 g/mol. The summed E-state index contributed by atoms with van der Waals surface area (Å²) < 4.78 is 6.80. The van der Waals surface area contributed by atoms with Crippen LogP contribution in [0.25, 0.3) is 77.2 Å². The first-order valence-corrected chi connectivity index (χ1v) is 14.0. The van der Waals surface area contributed by atoms with Crippen molar-refractivity contribution in [1.82, 2.24) is 0 Å². The first-order valence-electron chi connectivity index (χ1n) is 14.0. The summed E-state index contributed by atoms with van der Waals surface area (Å²) >= 11 is 0. The van der Waals surface area contributed by atoms with Gasteiger partial charge in [0.15, 0.2) is 0 Å². The zero-order valence-corrected chi connectivity index (χ0v) is 22.4. The topological polar surface area (TPSA) is 13.1 Å². The van der Waals surface area contributed by atoms with Crippen LogP contribution in [0.1, 0.15) is 0 Å². The number of fused-ring (bicyclic) bond motifs is 3. The van der Waals surface area contributed by atoms with Crippen LogP contribution in [0.4, 0.5) is 0 Å². The summed E-state index contributed by atoms with van der Waals surface area (Å²) in [6.07, 6.45) is 0. The molecule has 8 rings (SSSR count). The SMILES string of the molecule is c1ccc(-c2ccc3cc4cc(-c5oc(-c6ccccc6-c6ccccc6)c6ccccc56)ccc4cc3c2)cc1. The maximum atomic E-state index is 6.80. The van der Waals surface area contributed by atoms with Gasteiger partial charge in [0.05, 0.1) is 0 Å². The fraction of sp³-hybridized carbons (Fsp3) is 0. The number of hydrogen-bond donors (Lipinski definition) is 0. The van der Waals surface area contributed by atoms with Crippen LogP contribution in [-0.4, -0.2) is 0 Å². The van der Waals surface area contributed by atoms with Crippen LogP contribution in [0.5, 0.6) is 0 Å². The van der Waals surface area contributed by atoms with Gasteiger partial charge in [-0.2, -0.15) is 0 Å². The van der Waals surface area contributed by atoms with Gasteiger partial charge in [-0.05, 0) is 68.1 Å². The van der Waals surface area contributed by atoms with Crippen molar-refractivity contribution in [3.05, 3.63) is 158 Å². The Hall–Kier alpha value is -5.40. The van der Waals surface area contributed by atoms with Crippen molar-refractivity contribution in [3.63, 3.8) is 0 Å². The van der Waals surface area contributed by atoms with Crippen molar-refractivity contribution in [2.24, 2.45) is 0 Å². The smallest absolute Gasteiger partial charge is 0.143 e. The monoisotopic (exact) mass is 522 g/mol. The van der Waals surface area contributed by atoms with Crippen molar-refractivity contribution in [2.45, 2.75) is 0 Å². The molecule has 0 aliphatic heterocycles. The summed E-state index contributed by atoms with van der Waals surface area (Å²) in [6, 6.07) is 56.1. The minimum atomic E-state index is 0.903. The number of hydrogen-bond acceptors (Lipinski definition) is 1. The Morgan fingerprint density at radius 2 is 0.805 bits per heavy atom. The molecule has 1 heteroatoms. The highest BCUT2D eigenvalue weighted by Gasteiger charge is 2.19. The van der Waals surface area contributed by atoms with E-state index in [1.165, 1.54) is 43.8 Å². The van der Waals surface area contributed by atoms with Gasteiger partial charge in [0.2, 0.25) is 0 Å². The first-order chi connectivity index (χ1) is 20.3. The molecule has 0 unspecified atom stereocenters. The molecular formula is C40H26O. The molecule has 0 atom stereocenters. The van der Waals surface area contributed by atoms with Gasteiger partial charge in [-0.15, -0.1) is 0 Å². The predicted molar refractivity (Wildman–Crippen MR) is 173 cm³/mol. The second-order valence-corrected chi connectivity index (χ2v) is 10.6. The summed E-state index contributed by atoms with van der Waals surface area (Å²) in [4.78, 5) is 0. The lowest BCUT2D eigenvalue weighted by molar-refractivity contribution is 0.602. The largest absolute Gasteiger partial charge is 0.455 e. The standard InChI is InChI=1S/C40H26O/c1-3-11-27(12-4-1)29-19-20-30-25-34-26-32(22-21-31(34)24-33(30)23-29)39-37-17-9-10-18-38(37)40(41-39)36-16-8-7-15-35(36)28-13-5-2-6-14-28/h1-26H. The summed E-state index contributed by atoms with van der Waals surface area (Å²) in [5, 5.41) is 7.15. The molecule has 7 aromatic carbocycles. The van der Waals surface area contributed by atoms with Crippen LogP contribution in [0, 0.1) is 0 Å². The first kappa shape index (κ1) is 23.5. The summed E-state index contributed by atoms with van der Waals surface area (Å²) in [5.41, 5.74) is 7.00. The third kappa shape index (κ3) is 4.11. The normalized spacial score (nSPS) is 11.4. The molecule has 0 amide bonds. The Morgan fingerprint density at radius 1 is 0.293 bits per heavy atom. The Balaban J connectivity index is 1.27. The van der Waals surface area contributed by atoms with Gasteiger partial charge >= 0.3 is 0 Å². The zero-order valence-electron chi connectivity index (χ0n) is 22.4. The molecule has 41 heavy (non-hydrogen) atoms. The molecule has 0 aliphatic rings. The number of benzene rings is 7. The van der Waals surface area contributed by atoms with Gasteiger partial charge in [0.25, 0.3) is 0 Å². The maximum absolute atomic E-state index is 6.80. The Kier molecular flexibility index (Phi) is 5.53. The molecule has 192 valence electrons. The summed E-state index contributed by atoms with van der Waals surface area (Å²) in [7, 11) is 0. The fourth-order valence-corrected chi connectivity index (χ4v) is 6.01. The minimum Gasteiger partial charge on any atom is -0.455 e. The van der Waals surface area contributed by atoms with Gasteiger partial charge in [-0.1, -0.05) is 133 Å². The molecule has 0 bridgehead atoms. The Morgan fingerprint density at radius 3 is 1.49 bits per heavy atom. The summed E-state index contributed by atoms with van der Waals surface area (Å²) in [6.45, 7) is 0. The van der Waals surface area contributed by atoms with E-state index in [0.717, 1.165) is 33.4 Å². The van der Waals surface area contributed by atoms with Crippen LogP contribution in [-0.2, 0) is 0 Å². The Bertz CT molecular complexity index is 2190. The Labute approximate surface area is 238 Å². The molecule has 1 aromatic heterocycles. The van der Waals surface area contributed by atoms with Gasteiger partial charge in [-0.25, -0.2) is 0 Å². The average molecular weight is 523 g/mol. The quantitative estimate of drug-likeness (QED) is 0.210. The predicted octanol–water partition coefficient (Wildman–Crippen LogP) is 11.4. The molecule has 0 aliphatic carbocycles. The van der Waals surface area contributed by atoms with Crippen molar-refractivity contribution in [3.8, 4) is 44.9 Å². The molecule has 0 saturated heterocycles. The molecule has 0 saturated carbocycles. The third-order valence-corrected chi connectivity index (χ3v) is 8.04. The zero-order chi connectivity index (χ0) is 27.2. The van der Waals surface area contributed by atoms with Crippen LogP contribution < -0.4 is 0 Å². The van der Waals surface area contributed by atoms with Gasteiger partial charge in [-0.3, -0.25) is 0 Å². The van der Waals surface area contributed by atoms with Crippen LogP contribution in [0.15, 0.2) is 162 Å². The molecule has 0 N–H and O–H groups in total. The van der Waals surface area contributed by atoms with Gasteiger partial charge in [0, 0.05) is 21.9 Å². The van der Waals surface area contributed by atoms with Crippen molar-refractivity contribution < 1.29 is 4.42 Å². The van der Waals surface area contributed by atoms with E-state index in [-0.39, 0.29) is 0 Å². The lowest BCUT2D eigenvalue weighted by Crippen LogP contribution is -1.83. The van der Waals surface area contributed by atoms with E-state index < -0.39 is 0 Å². The van der Waals surface area contributed by atoms with Gasteiger partial charge in [0.1, 0.15) is 11.5 Å². The minimum absolute atomic E-state index is 0.903. The lowest BCUT2D eigenvalue weighted by atomic mass is 9.96. The number of rotatable bonds is 4. The van der Waals surface area contributed by atoms with Crippen molar-refractivity contribution in [1.29, 1.82) is 0 Å². The second kappa shape index (κ2) is 9.66. The van der Waals surface area contributed by atoms with E-state index in [1.54, 1.807) is 0 Å². The van der Waals surface area contributed by atoms with E-state index in [9.17, 15) is 0 Å². The van der Waals surface area contributed by atoms with Gasteiger partial charge < -0.3 is 4.42 Å². The number of furan rings is 1. The van der Waals surface area contributed by atoms with Crippen molar-refractivity contribution in [2.75, 3.05) is 0 Å². The molecule has 0 fully saturated rings. The van der Waals surface area contributed by atoms with E-state index in [0.29, 0.717) is 0 Å².